The summed E-state index contributed by atoms with van der Waals surface area (Å²) >= 11 is 3.57. The Hall–Kier alpha value is -3.06. The second-order valence-corrected chi connectivity index (χ2v) is 8.47. The number of nitrogens with one attached hydrogen (secondary N) is 4. The summed E-state index contributed by atoms with van der Waals surface area (Å²) in [6.07, 6.45) is 4.88. The predicted octanol–water partition coefficient (Wildman–Crippen LogP) is 4.92. The minimum absolute atomic E-state index is 0.285. The Kier molecular flexibility index (Phi) is 5.27. The van der Waals surface area contributed by atoms with Gasteiger partial charge >= 0.3 is 0 Å². The lowest BCUT2D eigenvalue weighted by molar-refractivity contribution is 0.653. The third-order valence-corrected chi connectivity index (χ3v) is 5.87. The molecule has 2 aliphatic rings. The van der Waals surface area contributed by atoms with Crippen LogP contribution in [0.3, 0.4) is 0 Å². The molecule has 1 fully saturated rings. The molecule has 30 heavy (non-hydrogen) atoms. The van der Waals surface area contributed by atoms with E-state index in [1.165, 1.54) is 29.7 Å². The Morgan fingerprint density at radius 3 is 2.67 bits per heavy atom. The number of aromatic nitrogens is 2. The molecule has 3 aromatic rings. The van der Waals surface area contributed by atoms with Gasteiger partial charge in [-0.15, -0.1) is 0 Å². The van der Waals surface area contributed by atoms with Crippen LogP contribution in [0, 0.1) is 0 Å². The molecule has 0 radical (unpaired) electrons. The van der Waals surface area contributed by atoms with Gasteiger partial charge < -0.3 is 16.0 Å². The van der Waals surface area contributed by atoms with Crippen LogP contribution in [-0.4, -0.2) is 22.7 Å². The van der Waals surface area contributed by atoms with E-state index in [9.17, 15) is 0 Å². The van der Waals surface area contributed by atoms with E-state index in [-0.39, 0.29) is 6.29 Å². The van der Waals surface area contributed by atoms with Gasteiger partial charge in [-0.25, -0.2) is 4.99 Å². The average Bonchev–Trinajstić information content (AvgIpc) is 3.52. The standard InChI is InChI=1S/C23H23BrN6/c24-18-14-25-23(28-22(18)27-21-13-20(29-30-21)16-10-11-16)26-19-9-5-4-8-17(19)12-15-6-2-1-3-7-15/h1-9,13-14,16,23,26,28H,10-12H2,(H2,27,29,30). The Morgan fingerprint density at radius 1 is 1.03 bits per heavy atom. The molecule has 0 spiro atoms. The maximum absolute atomic E-state index is 4.57. The third kappa shape index (κ3) is 4.41. The van der Waals surface area contributed by atoms with Gasteiger partial charge in [0.05, 0.1) is 4.48 Å². The lowest BCUT2D eigenvalue weighted by Gasteiger charge is -2.25. The van der Waals surface area contributed by atoms with E-state index >= 15 is 0 Å². The molecule has 0 amide bonds. The van der Waals surface area contributed by atoms with Crippen molar-refractivity contribution in [1.82, 2.24) is 15.5 Å². The maximum Gasteiger partial charge on any atom is 0.195 e. The Labute approximate surface area is 184 Å². The van der Waals surface area contributed by atoms with Gasteiger partial charge in [0.15, 0.2) is 12.1 Å². The summed E-state index contributed by atoms with van der Waals surface area (Å²) < 4.78 is 0.856. The number of para-hydroxylation sites is 1. The van der Waals surface area contributed by atoms with E-state index in [0.717, 1.165) is 28.2 Å². The van der Waals surface area contributed by atoms with E-state index in [2.05, 4.69) is 95.6 Å². The zero-order valence-corrected chi connectivity index (χ0v) is 18.0. The van der Waals surface area contributed by atoms with Crippen molar-refractivity contribution in [1.29, 1.82) is 0 Å². The molecule has 2 aromatic carbocycles. The van der Waals surface area contributed by atoms with Crippen molar-refractivity contribution in [2.24, 2.45) is 4.99 Å². The molecule has 152 valence electrons. The number of rotatable bonds is 7. The second kappa shape index (κ2) is 8.36. The van der Waals surface area contributed by atoms with E-state index in [1.54, 1.807) is 0 Å². The molecule has 7 heteroatoms. The summed E-state index contributed by atoms with van der Waals surface area (Å²) in [6, 6.07) is 20.9. The molecule has 1 unspecified atom stereocenters. The summed E-state index contributed by atoms with van der Waals surface area (Å²) in [4.78, 5) is 4.57. The zero-order chi connectivity index (χ0) is 20.3. The fourth-order valence-corrected chi connectivity index (χ4v) is 3.86. The fourth-order valence-electron chi connectivity index (χ4n) is 3.53. The van der Waals surface area contributed by atoms with Crippen LogP contribution in [-0.2, 0) is 6.42 Å². The van der Waals surface area contributed by atoms with Crippen molar-refractivity contribution in [2.45, 2.75) is 31.5 Å². The first-order valence-corrected chi connectivity index (χ1v) is 10.9. The second-order valence-electron chi connectivity index (χ2n) is 7.62. The van der Waals surface area contributed by atoms with Crippen LogP contribution < -0.4 is 16.0 Å². The SMILES string of the molecule is BrC1=C(Nc2cc(C3CC3)[nH]n2)NC(Nc2ccccc2Cc2ccccc2)N=C1. The molecule has 1 aromatic heterocycles. The quantitative estimate of drug-likeness (QED) is 0.401. The van der Waals surface area contributed by atoms with Crippen molar-refractivity contribution in [3.05, 3.63) is 87.8 Å². The number of aromatic amines is 1. The smallest absolute Gasteiger partial charge is 0.195 e. The number of aliphatic imine (C=N–C) groups is 1. The number of hydrogen-bond acceptors (Lipinski definition) is 5. The molecule has 4 N–H and O–H groups in total. The highest BCUT2D eigenvalue weighted by Gasteiger charge is 2.26. The van der Waals surface area contributed by atoms with E-state index in [0.29, 0.717) is 5.92 Å². The van der Waals surface area contributed by atoms with Gasteiger partial charge in [0.25, 0.3) is 0 Å². The van der Waals surface area contributed by atoms with Crippen LogP contribution in [0.2, 0.25) is 0 Å². The lowest BCUT2D eigenvalue weighted by Crippen LogP contribution is -2.39. The van der Waals surface area contributed by atoms with Crippen molar-refractivity contribution in [3.8, 4) is 0 Å². The summed E-state index contributed by atoms with van der Waals surface area (Å²) in [7, 11) is 0. The number of allylic oxidation sites excluding steroid dienone is 1. The minimum Gasteiger partial charge on any atom is -0.347 e. The van der Waals surface area contributed by atoms with Crippen LogP contribution in [0.25, 0.3) is 0 Å². The molecular formula is C23H23BrN6. The molecule has 2 heterocycles. The molecule has 6 nitrogen and oxygen atoms in total. The van der Waals surface area contributed by atoms with E-state index in [4.69, 9.17) is 0 Å². The van der Waals surface area contributed by atoms with Gasteiger partial charge in [-0.3, -0.25) is 5.10 Å². The molecule has 0 bridgehead atoms. The number of nitrogens with zero attached hydrogens (tertiary/aromatic N) is 2. The van der Waals surface area contributed by atoms with Crippen molar-refractivity contribution in [3.63, 3.8) is 0 Å². The molecule has 1 atom stereocenters. The van der Waals surface area contributed by atoms with Crippen LogP contribution in [0.15, 0.2) is 76.0 Å². The van der Waals surface area contributed by atoms with E-state index < -0.39 is 0 Å². The van der Waals surface area contributed by atoms with Crippen molar-refractivity contribution in [2.75, 3.05) is 10.6 Å². The van der Waals surface area contributed by atoms with Gasteiger partial charge in [-0.2, -0.15) is 5.10 Å². The Bertz CT molecular complexity index is 1080. The zero-order valence-electron chi connectivity index (χ0n) is 16.4. The molecule has 1 aliphatic carbocycles. The lowest BCUT2D eigenvalue weighted by atomic mass is 10.0. The molecular weight excluding hydrogens is 440 g/mol. The number of hydrogen-bond donors (Lipinski definition) is 4. The van der Waals surface area contributed by atoms with Crippen molar-refractivity contribution >= 4 is 33.6 Å². The molecule has 5 rings (SSSR count). The number of anilines is 2. The van der Waals surface area contributed by atoms with Crippen LogP contribution in [0.5, 0.6) is 0 Å². The summed E-state index contributed by atoms with van der Waals surface area (Å²) in [6.45, 7) is 0. The highest BCUT2D eigenvalue weighted by Crippen LogP contribution is 2.39. The van der Waals surface area contributed by atoms with Gasteiger partial charge in [-0.05, 0) is 52.4 Å². The van der Waals surface area contributed by atoms with Gasteiger partial charge in [0.1, 0.15) is 5.82 Å². The number of benzene rings is 2. The first kappa shape index (κ1) is 18.9. The van der Waals surface area contributed by atoms with Gasteiger partial charge in [0, 0.05) is 29.6 Å². The topological polar surface area (TPSA) is 77.1 Å². The summed E-state index contributed by atoms with van der Waals surface area (Å²) in [5.41, 5.74) is 4.76. The monoisotopic (exact) mass is 462 g/mol. The highest BCUT2D eigenvalue weighted by molar-refractivity contribution is 9.12. The van der Waals surface area contributed by atoms with Crippen LogP contribution in [0.1, 0.15) is 35.6 Å². The number of halogens is 1. The predicted molar refractivity (Wildman–Crippen MR) is 125 cm³/mol. The molecule has 1 aliphatic heterocycles. The Morgan fingerprint density at radius 2 is 1.83 bits per heavy atom. The van der Waals surface area contributed by atoms with E-state index in [1.807, 2.05) is 18.3 Å². The summed E-state index contributed by atoms with van der Waals surface area (Å²) in [5, 5.41) is 17.8. The van der Waals surface area contributed by atoms with Gasteiger partial charge in [-0.1, -0.05) is 48.5 Å². The molecule has 1 saturated carbocycles. The highest BCUT2D eigenvalue weighted by atomic mass is 79.9. The van der Waals surface area contributed by atoms with Crippen LogP contribution >= 0.6 is 15.9 Å². The minimum atomic E-state index is -0.285. The number of H-pyrrole nitrogens is 1. The summed E-state index contributed by atoms with van der Waals surface area (Å²) in [5.74, 6) is 2.27. The Balaban J connectivity index is 1.27. The fraction of sp³-hybridized carbons (Fsp3) is 0.217. The average molecular weight is 463 g/mol. The third-order valence-electron chi connectivity index (χ3n) is 5.27. The maximum atomic E-state index is 4.57. The first-order valence-electron chi connectivity index (χ1n) is 10.1. The first-order chi connectivity index (χ1) is 14.7. The van der Waals surface area contributed by atoms with Crippen molar-refractivity contribution < 1.29 is 0 Å². The molecule has 0 saturated heterocycles. The van der Waals surface area contributed by atoms with Crippen LogP contribution in [0.4, 0.5) is 11.5 Å². The normalized spacial score (nSPS) is 18.2. The van der Waals surface area contributed by atoms with Gasteiger partial charge in [0.2, 0.25) is 0 Å². The largest absolute Gasteiger partial charge is 0.347 e.